The molecule has 1 amide bonds. The Hall–Kier alpha value is -2.65. The summed E-state index contributed by atoms with van der Waals surface area (Å²) in [5.74, 6) is -1.10. The predicted molar refractivity (Wildman–Crippen MR) is 103 cm³/mol. The number of nitrogens with zero attached hydrogens (tertiary/aromatic N) is 2. The van der Waals surface area contributed by atoms with Crippen LogP contribution in [0.25, 0.3) is 0 Å². The minimum Gasteiger partial charge on any atom is -0.448 e. The Morgan fingerprint density at radius 2 is 1.75 bits per heavy atom. The zero-order chi connectivity index (χ0) is 20.3. The lowest BCUT2D eigenvalue weighted by Gasteiger charge is -2.16. The van der Waals surface area contributed by atoms with E-state index in [9.17, 15) is 18.0 Å². The molecule has 150 valence electrons. The van der Waals surface area contributed by atoms with Crippen molar-refractivity contribution in [2.24, 2.45) is 7.05 Å². The first-order valence-corrected chi connectivity index (χ1v) is 10.5. The van der Waals surface area contributed by atoms with Crippen LogP contribution >= 0.6 is 0 Å². The van der Waals surface area contributed by atoms with Gasteiger partial charge in [0.1, 0.15) is 5.69 Å². The molecule has 1 atom stereocenters. The minimum atomic E-state index is -3.50. The summed E-state index contributed by atoms with van der Waals surface area (Å²) >= 11 is 0. The molecule has 2 heterocycles. The molecule has 1 aromatic carbocycles. The number of amides is 1. The number of anilines is 1. The molecule has 3 rings (SSSR count). The maximum atomic E-state index is 12.5. The van der Waals surface area contributed by atoms with E-state index in [0.29, 0.717) is 24.5 Å². The minimum absolute atomic E-state index is 0.190. The van der Waals surface area contributed by atoms with Gasteiger partial charge in [0.15, 0.2) is 6.10 Å². The van der Waals surface area contributed by atoms with Crippen molar-refractivity contribution in [1.29, 1.82) is 0 Å². The van der Waals surface area contributed by atoms with Crippen LogP contribution in [-0.2, 0) is 26.6 Å². The highest BCUT2D eigenvalue weighted by atomic mass is 32.2. The number of esters is 1. The smallest absolute Gasteiger partial charge is 0.355 e. The van der Waals surface area contributed by atoms with Crippen LogP contribution in [0.5, 0.6) is 0 Å². The van der Waals surface area contributed by atoms with Gasteiger partial charge in [-0.15, -0.1) is 0 Å². The van der Waals surface area contributed by atoms with Gasteiger partial charge in [0.05, 0.1) is 4.90 Å². The van der Waals surface area contributed by atoms with Crippen LogP contribution in [0.4, 0.5) is 5.69 Å². The molecular weight excluding hydrogens is 382 g/mol. The number of nitrogens with one attached hydrogen (secondary N) is 1. The Labute approximate surface area is 164 Å². The van der Waals surface area contributed by atoms with E-state index in [1.165, 1.54) is 35.5 Å². The van der Waals surface area contributed by atoms with Gasteiger partial charge in [0, 0.05) is 32.0 Å². The fourth-order valence-electron chi connectivity index (χ4n) is 2.98. The summed E-state index contributed by atoms with van der Waals surface area (Å²) in [6.07, 6.45) is 2.44. The highest BCUT2D eigenvalue weighted by Crippen LogP contribution is 2.22. The number of hydrogen-bond acceptors (Lipinski definition) is 5. The predicted octanol–water partition coefficient (Wildman–Crippen LogP) is 1.99. The van der Waals surface area contributed by atoms with Crippen molar-refractivity contribution < 1.29 is 22.7 Å². The molecule has 1 aliphatic heterocycles. The van der Waals surface area contributed by atoms with E-state index in [-0.39, 0.29) is 4.90 Å². The second-order valence-corrected chi connectivity index (χ2v) is 8.61. The average Bonchev–Trinajstić information content (AvgIpc) is 3.34. The van der Waals surface area contributed by atoms with Crippen LogP contribution < -0.4 is 5.32 Å². The van der Waals surface area contributed by atoms with E-state index in [4.69, 9.17) is 4.74 Å². The normalized spacial score (nSPS) is 15.9. The van der Waals surface area contributed by atoms with Gasteiger partial charge in [-0.2, -0.15) is 4.31 Å². The fourth-order valence-corrected chi connectivity index (χ4v) is 4.50. The van der Waals surface area contributed by atoms with Gasteiger partial charge in [0.25, 0.3) is 5.91 Å². The average molecular weight is 405 g/mol. The van der Waals surface area contributed by atoms with Crippen LogP contribution in [0.3, 0.4) is 0 Å². The molecule has 1 N–H and O–H groups in total. The molecule has 8 nitrogen and oxygen atoms in total. The van der Waals surface area contributed by atoms with Crippen molar-refractivity contribution in [2.75, 3.05) is 18.4 Å². The summed E-state index contributed by atoms with van der Waals surface area (Å²) < 4.78 is 33.3. The maximum absolute atomic E-state index is 12.5. The number of aromatic nitrogens is 1. The lowest BCUT2D eigenvalue weighted by atomic mass is 10.3. The Morgan fingerprint density at radius 1 is 1.11 bits per heavy atom. The molecule has 0 bridgehead atoms. The van der Waals surface area contributed by atoms with E-state index >= 15 is 0 Å². The molecule has 1 unspecified atom stereocenters. The summed E-state index contributed by atoms with van der Waals surface area (Å²) in [6, 6.07) is 9.28. The Morgan fingerprint density at radius 3 is 2.32 bits per heavy atom. The number of sulfonamides is 1. The summed E-state index contributed by atoms with van der Waals surface area (Å²) in [5.41, 5.74) is 0.767. The number of aryl methyl sites for hydroxylation is 1. The molecule has 1 aromatic heterocycles. The SMILES string of the molecule is CC(OC(=O)c1cccn1C)C(=O)Nc1ccc(S(=O)(=O)N2CCCC2)cc1. The first-order valence-electron chi connectivity index (χ1n) is 9.02. The Bertz CT molecular complexity index is 960. The third-order valence-corrected chi connectivity index (χ3v) is 6.54. The van der Waals surface area contributed by atoms with Crippen molar-refractivity contribution in [3.8, 4) is 0 Å². The second kappa shape index (κ2) is 8.15. The highest BCUT2D eigenvalue weighted by Gasteiger charge is 2.27. The van der Waals surface area contributed by atoms with E-state index in [0.717, 1.165) is 12.8 Å². The van der Waals surface area contributed by atoms with Crippen LogP contribution in [0.15, 0.2) is 47.5 Å². The molecule has 0 spiro atoms. The lowest BCUT2D eigenvalue weighted by molar-refractivity contribution is -0.123. The van der Waals surface area contributed by atoms with E-state index in [1.54, 1.807) is 29.9 Å². The zero-order valence-corrected chi connectivity index (χ0v) is 16.6. The van der Waals surface area contributed by atoms with Crippen molar-refractivity contribution in [1.82, 2.24) is 8.87 Å². The van der Waals surface area contributed by atoms with Crippen LogP contribution in [0.2, 0.25) is 0 Å². The number of carbonyl (C=O) groups is 2. The largest absolute Gasteiger partial charge is 0.448 e. The number of rotatable bonds is 6. The Kier molecular flexibility index (Phi) is 5.85. The standard InChI is InChI=1S/C19H23N3O5S/c1-14(27-19(24)17-6-5-11-21(17)2)18(23)20-15-7-9-16(10-8-15)28(25,26)22-12-3-4-13-22/h5-11,14H,3-4,12-13H2,1-2H3,(H,20,23). The molecule has 1 aliphatic rings. The van der Waals surface area contributed by atoms with Gasteiger partial charge in [-0.3, -0.25) is 4.79 Å². The summed E-state index contributed by atoms with van der Waals surface area (Å²) in [5, 5.41) is 2.62. The fraction of sp³-hybridized carbons (Fsp3) is 0.368. The third kappa shape index (κ3) is 4.26. The molecule has 0 radical (unpaired) electrons. The number of hydrogen-bond donors (Lipinski definition) is 1. The topological polar surface area (TPSA) is 97.7 Å². The van der Waals surface area contributed by atoms with E-state index < -0.39 is 28.0 Å². The molecule has 1 saturated heterocycles. The first kappa shape index (κ1) is 20.1. The van der Waals surface area contributed by atoms with Gasteiger partial charge in [-0.1, -0.05) is 0 Å². The van der Waals surface area contributed by atoms with Crippen molar-refractivity contribution in [3.05, 3.63) is 48.3 Å². The third-order valence-electron chi connectivity index (χ3n) is 4.63. The zero-order valence-electron chi connectivity index (χ0n) is 15.8. The molecule has 9 heteroatoms. The molecule has 1 fully saturated rings. The highest BCUT2D eigenvalue weighted by molar-refractivity contribution is 7.89. The van der Waals surface area contributed by atoms with Crippen molar-refractivity contribution >= 4 is 27.6 Å². The van der Waals surface area contributed by atoms with Crippen LogP contribution in [0, 0.1) is 0 Å². The van der Waals surface area contributed by atoms with Crippen molar-refractivity contribution in [2.45, 2.75) is 30.8 Å². The van der Waals surface area contributed by atoms with Gasteiger partial charge in [-0.25, -0.2) is 13.2 Å². The molecule has 0 saturated carbocycles. The number of ether oxygens (including phenoxy) is 1. The molecule has 2 aromatic rings. The van der Waals surface area contributed by atoms with Crippen molar-refractivity contribution in [3.63, 3.8) is 0 Å². The Balaban J connectivity index is 1.61. The van der Waals surface area contributed by atoms with Gasteiger partial charge >= 0.3 is 5.97 Å². The maximum Gasteiger partial charge on any atom is 0.355 e. The van der Waals surface area contributed by atoms with Crippen LogP contribution in [-0.4, -0.2) is 48.4 Å². The van der Waals surface area contributed by atoms with E-state index in [1.807, 2.05) is 0 Å². The lowest BCUT2D eigenvalue weighted by Crippen LogP contribution is -2.30. The monoisotopic (exact) mass is 405 g/mol. The summed E-state index contributed by atoms with van der Waals surface area (Å²) in [4.78, 5) is 24.5. The first-order chi connectivity index (χ1) is 13.3. The molecule has 0 aliphatic carbocycles. The summed E-state index contributed by atoms with van der Waals surface area (Å²) in [7, 11) is -1.79. The van der Waals surface area contributed by atoms with Gasteiger partial charge < -0.3 is 14.6 Å². The number of benzene rings is 1. The molecular formula is C19H23N3O5S. The van der Waals surface area contributed by atoms with Crippen LogP contribution in [0.1, 0.15) is 30.3 Å². The van der Waals surface area contributed by atoms with E-state index in [2.05, 4.69) is 5.32 Å². The summed E-state index contributed by atoms with van der Waals surface area (Å²) in [6.45, 7) is 2.54. The molecule has 28 heavy (non-hydrogen) atoms. The van der Waals surface area contributed by atoms with Gasteiger partial charge in [0.2, 0.25) is 10.0 Å². The quantitative estimate of drug-likeness (QED) is 0.742. The van der Waals surface area contributed by atoms with Gasteiger partial charge in [-0.05, 0) is 56.2 Å². The second-order valence-electron chi connectivity index (χ2n) is 6.68. The number of carbonyl (C=O) groups excluding carboxylic acids is 2.